The van der Waals surface area contributed by atoms with E-state index < -0.39 is 6.03 Å². The van der Waals surface area contributed by atoms with Crippen LogP contribution in [0.15, 0.2) is 16.5 Å². The van der Waals surface area contributed by atoms with Crippen molar-refractivity contribution in [3.05, 3.63) is 23.7 Å². The number of imide groups is 1. The third-order valence-electron chi connectivity index (χ3n) is 4.47. The molecule has 6 heteroatoms. The van der Waals surface area contributed by atoms with Gasteiger partial charge >= 0.3 is 6.03 Å². The van der Waals surface area contributed by atoms with Crippen LogP contribution in [0.25, 0.3) is 0 Å². The number of urea groups is 1. The first-order valence-electron chi connectivity index (χ1n) is 7.95. The maximum atomic E-state index is 11.5. The number of furan rings is 1. The molecule has 2 fully saturated rings. The third-order valence-corrected chi connectivity index (χ3v) is 4.47. The molecule has 1 aromatic heterocycles. The fraction of sp³-hybridized carbons (Fsp3) is 0.625. The van der Waals surface area contributed by atoms with Crippen molar-refractivity contribution in [2.45, 2.75) is 51.1 Å². The topological polar surface area (TPSA) is 88.6 Å². The Morgan fingerprint density at radius 2 is 2.14 bits per heavy atom. The van der Waals surface area contributed by atoms with Gasteiger partial charge in [-0.2, -0.15) is 0 Å². The molecule has 2 atom stereocenters. The zero-order valence-corrected chi connectivity index (χ0v) is 12.9. The monoisotopic (exact) mass is 305 g/mol. The van der Waals surface area contributed by atoms with Crippen LogP contribution >= 0.6 is 0 Å². The number of carbonyl (C=O) groups is 2. The van der Waals surface area contributed by atoms with Gasteiger partial charge in [0, 0.05) is 24.9 Å². The summed E-state index contributed by atoms with van der Waals surface area (Å²) in [5.74, 6) is 3.03. The summed E-state index contributed by atoms with van der Waals surface area (Å²) in [6.07, 6.45) is 3.80. The maximum absolute atomic E-state index is 11.5. The van der Waals surface area contributed by atoms with Crippen LogP contribution in [0.3, 0.4) is 0 Å². The minimum atomic E-state index is -0.794. The van der Waals surface area contributed by atoms with E-state index >= 15 is 0 Å². The van der Waals surface area contributed by atoms with Crippen molar-refractivity contribution in [3.63, 3.8) is 0 Å². The van der Waals surface area contributed by atoms with E-state index in [1.54, 1.807) is 0 Å². The summed E-state index contributed by atoms with van der Waals surface area (Å²) in [6.45, 7) is 3.57. The second-order valence-electron chi connectivity index (χ2n) is 6.49. The van der Waals surface area contributed by atoms with Gasteiger partial charge < -0.3 is 10.2 Å². The van der Waals surface area contributed by atoms with Crippen molar-refractivity contribution in [2.24, 2.45) is 11.7 Å². The molecule has 0 bridgehead atoms. The van der Waals surface area contributed by atoms with Crippen LogP contribution in [0, 0.1) is 5.92 Å². The zero-order chi connectivity index (χ0) is 15.7. The molecule has 120 valence electrons. The lowest BCUT2D eigenvalue weighted by Crippen LogP contribution is -2.37. The Balaban J connectivity index is 1.52. The summed E-state index contributed by atoms with van der Waals surface area (Å²) in [6, 6.07) is 3.85. The smallest absolute Gasteiger partial charge is 0.318 e. The highest BCUT2D eigenvalue weighted by Gasteiger charge is 2.37. The molecular weight excluding hydrogens is 282 g/mol. The molecule has 22 heavy (non-hydrogen) atoms. The van der Waals surface area contributed by atoms with Crippen LogP contribution in [0.2, 0.25) is 0 Å². The Kier molecular flexibility index (Phi) is 4.20. The maximum Gasteiger partial charge on any atom is 0.318 e. The molecular formula is C16H23N3O3. The predicted molar refractivity (Wildman–Crippen MR) is 81.0 cm³/mol. The average molecular weight is 305 g/mol. The molecule has 3 amide bonds. The van der Waals surface area contributed by atoms with Gasteiger partial charge in [-0.05, 0) is 37.3 Å². The molecule has 3 N–H and O–H groups in total. The first kappa shape index (κ1) is 15.1. The van der Waals surface area contributed by atoms with E-state index in [1.165, 1.54) is 6.42 Å². The standard InChI is InChI=1S/C16H23N3O3/c1-10-8-13(10)14-5-4-12(22-14)9-19(11-2-3-11)7-6-15(20)18-16(17)21/h4-5,10-11,13H,2-3,6-9H2,1H3,(H3,17,18,20,21). The Hall–Kier alpha value is -1.82. The minimum Gasteiger partial charge on any atom is -0.464 e. The third kappa shape index (κ3) is 3.88. The highest BCUT2D eigenvalue weighted by atomic mass is 16.3. The molecule has 2 aliphatic rings. The summed E-state index contributed by atoms with van der Waals surface area (Å²) in [5, 5.41) is 2.10. The molecule has 0 spiro atoms. The van der Waals surface area contributed by atoms with E-state index in [1.807, 2.05) is 6.07 Å². The fourth-order valence-electron chi connectivity index (χ4n) is 2.87. The van der Waals surface area contributed by atoms with Gasteiger partial charge in [0.25, 0.3) is 0 Å². The average Bonchev–Trinajstić information content (AvgIpc) is 3.36. The Morgan fingerprint density at radius 3 is 2.73 bits per heavy atom. The first-order valence-corrected chi connectivity index (χ1v) is 7.95. The molecule has 1 aromatic rings. The van der Waals surface area contributed by atoms with Gasteiger partial charge in [-0.25, -0.2) is 4.79 Å². The normalized spacial score (nSPS) is 23.5. The van der Waals surface area contributed by atoms with Crippen molar-refractivity contribution in [2.75, 3.05) is 6.54 Å². The number of amides is 3. The quantitative estimate of drug-likeness (QED) is 0.806. The van der Waals surface area contributed by atoms with Gasteiger partial charge in [-0.15, -0.1) is 0 Å². The summed E-state index contributed by atoms with van der Waals surface area (Å²) < 4.78 is 5.94. The molecule has 2 aliphatic carbocycles. The summed E-state index contributed by atoms with van der Waals surface area (Å²) >= 11 is 0. The van der Waals surface area contributed by atoms with Crippen molar-refractivity contribution in [1.82, 2.24) is 10.2 Å². The molecule has 2 unspecified atom stereocenters. The lowest BCUT2D eigenvalue weighted by Gasteiger charge is -2.20. The van der Waals surface area contributed by atoms with Crippen molar-refractivity contribution >= 4 is 11.9 Å². The summed E-state index contributed by atoms with van der Waals surface area (Å²) in [4.78, 5) is 24.4. The SMILES string of the molecule is CC1CC1c1ccc(CN(CCC(=O)NC(N)=O)C2CC2)o1. The summed E-state index contributed by atoms with van der Waals surface area (Å²) in [5.41, 5.74) is 4.94. The first-order chi connectivity index (χ1) is 10.5. The molecule has 3 rings (SSSR count). The van der Waals surface area contributed by atoms with E-state index in [-0.39, 0.29) is 12.3 Å². The predicted octanol–water partition coefficient (Wildman–Crippen LogP) is 1.95. The van der Waals surface area contributed by atoms with E-state index in [4.69, 9.17) is 10.2 Å². The van der Waals surface area contributed by atoms with Crippen LogP contribution < -0.4 is 11.1 Å². The molecule has 2 saturated carbocycles. The molecule has 0 radical (unpaired) electrons. The van der Waals surface area contributed by atoms with Crippen molar-refractivity contribution < 1.29 is 14.0 Å². The van der Waals surface area contributed by atoms with E-state index in [2.05, 4.69) is 23.2 Å². The number of rotatable bonds is 7. The lowest BCUT2D eigenvalue weighted by molar-refractivity contribution is -0.120. The van der Waals surface area contributed by atoms with Crippen molar-refractivity contribution in [3.8, 4) is 0 Å². The Bertz CT molecular complexity index is 565. The number of nitrogens with one attached hydrogen (secondary N) is 1. The number of carbonyl (C=O) groups excluding carboxylic acids is 2. The zero-order valence-electron chi connectivity index (χ0n) is 12.9. The van der Waals surface area contributed by atoms with Gasteiger partial charge in [0.1, 0.15) is 11.5 Å². The van der Waals surface area contributed by atoms with Crippen LogP contribution in [0.1, 0.15) is 50.0 Å². The lowest BCUT2D eigenvalue weighted by atomic mass is 10.3. The number of primary amides is 1. The molecule has 1 heterocycles. The molecule has 0 aliphatic heterocycles. The Labute approximate surface area is 130 Å². The highest BCUT2D eigenvalue weighted by molar-refractivity contribution is 5.93. The van der Waals surface area contributed by atoms with Crippen LogP contribution in [-0.2, 0) is 11.3 Å². The van der Waals surface area contributed by atoms with Crippen LogP contribution in [0.4, 0.5) is 4.79 Å². The number of hydrogen-bond donors (Lipinski definition) is 2. The Morgan fingerprint density at radius 1 is 1.41 bits per heavy atom. The van der Waals surface area contributed by atoms with E-state index in [0.29, 0.717) is 18.5 Å². The molecule has 0 saturated heterocycles. The molecule has 6 nitrogen and oxygen atoms in total. The van der Waals surface area contributed by atoms with Crippen LogP contribution in [0.5, 0.6) is 0 Å². The van der Waals surface area contributed by atoms with E-state index in [0.717, 1.165) is 36.8 Å². The number of nitrogens with two attached hydrogens (primary N) is 1. The van der Waals surface area contributed by atoms with Gasteiger partial charge in [-0.3, -0.25) is 15.0 Å². The number of hydrogen-bond acceptors (Lipinski definition) is 4. The largest absolute Gasteiger partial charge is 0.464 e. The van der Waals surface area contributed by atoms with Gasteiger partial charge in [0.2, 0.25) is 5.91 Å². The highest BCUT2D eigenvalue weighted by Crippen LogP contribution is 2.47. The van der Waals surface area contributed by atoms with E-state index in [9.17, 15) is 9.59 Å². The van der Waals surface area contributed by atoms with Gasteiger partial charge in [0.05, 0.1) is 6.54 Å². The number of nitrogens with zero attached hydrogens (tertiary/aromatic N) is 1. The minimum absolute atomic E-state index is 0.271. The second kappa shape index (κ2) is 6.12. The summed E-state index contributed by atoms with van der Waals surface area (Å²) in [7, 11) is 0. The van der Waals surface area contributed by atoms with Gasteiger partial charge in [0.15, 0.2) is 0 Å². The van der Waals surface area contributed by atoms with Gasteiger partial charge in [-0.1, -0.05) is 6.92 Å². The van der Waals surface area contributed by atoms with Crippen molar-refractivity contribution in [1.29, 1.82) is 0 Å². The van der Waals surface area contributed by atoms with Crippen LogP contribution in [-0.4, -0.2) is 29.4 Å². The fourth-order valence-corrected chi connectivity index (χ4v) is 2.87. The molecule has 0 aromatic carbocycles. The second-order valence-corrected chi connectivity index (χ2v) is 6.49.